The van der Waals surface area contributed by atoms with E-state index in [4.69, 9.17) is 4.74 Å². The molecule has 0 spiro atoms. The van der Waals surface area contributed by atoms with E-state index in [2.05, 4.69) is 13.8 Å². The summed E-state index contributed by atoms with van der Waals surface area (Å²) in [4.78, 5) is 23.3. The summed E-state index contributed by atoms with van der Waals surface area (Å²) in [7, 11) is 0. The zero-order valence-corrected chi connectivity index (χ0v) is 15.9. The average Bonchev–Trinajstić information content (AvgIpc) is 2.44. The molecule has 0 aromatic rings. The molecule has 25 heavy (non-hydrogen) atoms. The summed E-state index contributed by atoms with van der Waals surface area (Å²) in [6.45, 7) is 8.24. The third-order valence-electron chi connectivity index (χ3n) is 7.89. The Morgan fingerprint density at radius 1 is 0.960 bits per heavy atom. The zero-order chi connectivity index (χ0) is 18.7. The summed E-state index contributed by atoms with van der Waals surface area (Å²) in [5.74, 6) is -1.03. The largest absolute Gasteiger partial charge is 0.481 e. The molecule has 6 atom stereocenters. The number of rotatable bonds is 3. The van der Waals surface area contributed by atoms with E-state index in [0.717, 1.165) is 44.9 Å². The van der Waals surface area contributed by atoms with Crippen molar-refractivity contribution in [2.24, 2.45) is 22.7 Å². The standard InChI is InChI=1S/C20H32O5/c1-17(12-15(21)22)10-6-14-18(2)8-5-9-19(3,16(23)24)13(18)7-11-20(14,4)25-17/h13-14H,5-12H2,1-4H3,(H,21,22)(H,23,24)/t13?,14?,17-,18-,19+,20+/m0/s1. The lowest BCUT2D eigenvalue weighted by molar-refractivity contribution is -0.267. The van der Waals surface area contributed by atoms with Crippen LogP contribution in [-0.2, 0) is 14.3 Å². The van der Waals surface area contributed by atoms with Crippen molar-refractivity contribution in [3.05, 3.63) is 0 Å². The number of carboxylic acid groups (broad SMARTS) is 2. The van der Waals surface area contributed by atoms with Gasteiger partial charge in [0, 0.05) is 0 Å². The maximum absolute atomic E-state index is 12.0. The lowest BCUT2D eigenvalue weighted by Crippen LogP contribution is -2.64. The zero-order valence-electron chi connectivity index (χ0n) is 15.9. The van der Waals surface area contributed by atoms with Crippen molar-refractivity contribution >= 4 is 11.9 Å². The molecule has 0 bridgehead atoms. The van der Waals surface area contributed by atoms with Gasteiger partial charge in [0.25, 0.3) is 0 Å². The van der Waals surface area contributed by atoms with Crippen LogP contribution in [0, 0.1) is 22.7 Å². The molecular weight excluding hydrogens is 320 g/mol. The minimum absolute atomic E-state index is 0.0301. The third-order valence-corrected chi connectivity index (χ3v) is 7.89. The van der Waals surface area contributed by atoms with Crippen LogP contribution in [0.3, 0.4) is 0 Å². The van der Waals surface area contributed by atoms with Gasteiger partial charge in [0.2, 0.25) is 0 Å². The summed E-state index contributed by atoms with van der Waals surface area (Å²) in [5.41, 5.74) is -1.69. The molecule has 3 fully saturated rings. The summed E-state index contributed by atoms with van der Waals surface area (Å²) in [5, 5.41) is 19.1. The minimum Gasteiger partial charge on any atom is -0.481 e. The van der Waals surface area contributed by atoms with Crippen LogP contribution >= 0.6 is 0 Å². The van der Waals surface area contributed by atoms with Gasteiger partial charge < -0.3 is 14.9 Å². The van der Waals surface area contributed by atoms with Crippen molar-refractivity contribution in [1.82, 2.24) is 0 Å². The van der Waals surface area contributed by atoms with Crippen LogP contribution in [-0.4, -0.2) is 33.4 Å². The fraction of sp³-hybridized carbons (Fsp3) is 0.900. The van der Waals surface area contributed by atoms with Crippen molar-refractivity contribution in [1.29, 1.82) is 0 Å². The molecule has 1 heterocycles. The maximum atomic E-state index is 12.0. The molecule has 2 saturated carbocycles. The molecule has 2 N–H and O–H groups in total. The molecule has 3 rings (SSSR count). The van der Waals surface area contributed by atoms with E-state index in [9.17, 15) is 19.8 Å². The predicted molar refractivity (Wildman–Crippen MR) is 93.3 cm³/mol. The Hall–Kier alpha value is -1.10. The molecule has 2 unspecified atom stereocenters. The first-order chi connectivity index (χ1) is 11.5. The Labute approximate surface area is 150 Å². The van der Waals surface area contributed by atoms with Crippen LogP contribution in [0.5, 0.6) is 0 Å². The summed E-state index contributed by atoms with van der Waals surface area (Å²) < 4.78 is 6.49. The van der Waals surface area contributed by atoms with Crippen LogP contribution in [0.1, 0.15) is 79.1 Å². The lowest BCUT2D eigenvalue weighted by Gasteiger charge is -2.64. The molecule has 3 aliphatic rings. The van der Waals surface area contributed by atoms with Crippen LogP contribution in [0.2, 0.25) is 0 Å². The van der Waals surface area contributed by atoms with Gasteiger partial charge in [-0.2, -0.15) is 0 Å². The highest BCUT2D eigenvalue weighted by molar-refractivity contribution is 5.75. The summed E-state index contributed by atoms with van der Waals surface area (Å²) >= 11 is 0. The van der Waals surface area contributed by atoms with Gasteiger partial charge in [-0.25, -0.2) is 0 Å². The number of aliphatic carboxylic acids is 2. The lowest BCUT2D eigenvalue weighted by atomic mass is 9.44. The van der Waals surface area contributed by atoms with Crippen LogP contribution < -0.4 is 0 Å². The molecule has 0 aromatic carbocycles. The Kier molecular flexibility index (Phi) is 4.26. The second kappa shape index (κ2) is 5.70. The van der Waals surface area contributed by atoms with Crippen molar-refractivity contribution in [2.45, 2.75) is 90.3 Å². The molecule has 0 radical (unpaired) electrons. The highest BCUT2D eigenvalue weighted by Crippen LogP contribution is 2.65. The van der Waals surface area contributed by atoms with Crippen molar-refractivity contribution in [2.75, 3.05) is 0 Å². The summed E-state index contributed by atoms with van der Waals surface area (Å²) in [6.07, 6.45) is 6.07. The molecule has 5 nitrogen and oxygen atoms in total. The minimum atomic E-state index is -0.819. The van der Waals surface area contributed by atoms with Gasteiger partial charge in [-0.3, -0.25) is 9.59 Å². The van der Waals surface area contributed by atoms with Gasteiger partial charge in [-0.15, -0.1) is 0 Å². The first kappa shape index (κ1) is 18.7. The monoisotopic (exact) mass is 352 g/mol. The number of ether oxygens (including phenoxy) is 1. The van der Waals surface area contributed by atoms with Crippen LogP contribution in [0.25, 0.3) is 0 Å². The molecule has 0 amide bonds. The SMILES string of the molecule is C[C@@]1(CC(=O)O)CCC2[C@@]3(C)CCC[C@@](C)(C(=O)O)C3CC[C@@]2(C)O1. The average molecular weight is 352 g/mol. The molecular formula is C20H32O5. The Morgan fingerprint density at radius 3 is 2.20 bits per heavy atom. The second-order valence-corrected chi connectivity index (χ2v) is 9.70. The molecule has 1 aliphatic heterocycles. The number of hydrogen-bond donors (Lipinski definition) is 2. The number of fused-ring (bicyclic) bond motifs is 3. The van der Waals surface area contributed by atoms with Gasteiger partial charge in [-0.05, 0) is 76.5 Å². The third kappa shape index (κ3) is 2.79. The molecule has 142 valence electrons. The van der Waals surface area contributed by atoms with Crippen LogP contribution in [0.15, 0.2) is 0 Å². The molecule has 5 heteroatoms. The normalized spacial score (nSPS) is 49.8. The van der Waals surface area contributed by atoms with Crippen molar-refractivity contribution < 1.29 is 24.5 Å². The fourth-order valence-corrected chi connectivity index (χ4v) is 6.80. The predicted octanol–water partition coefficient (Wildman–Crippen LogP) is 4.10. The molecule has 1 saturated heterocycles. The number of hydrogen-bond acceptors (Lipinski definition) is 3. The van der Waals surface area contributed by atoms with Crippen molar-refractivity contribution in [3.8, 4) is 0 Å². The molecule has 0 aromatic heterocycles. The van der Waals surface area contributed by atoms with Gasteiger partial charge in [-0.1, -0.05) is 13.3 Å². The van der Waals surface area contributed by atoms with E-state index < -0.39 is 23.0 Å². The van der Waals surface area contributed by atoms with E-state index in [1.807, 2.05) is 13.8 Å². The van der Waals surface area contributed by atoms with E-state index >= 15 is 0 Å². The highest BCUT2D eigenvalue weighted by Gasteiger charge is 2.64. The molecule has 2 aliphatic carbocycles. The Morgan fingerprint density at radius 2 is 1.60 bits per heavy atom. The van der Waals surface area contributed by atoms with Gasteiger partial charge in [0.05, 0.1) is 23.0 Å². The van der Waals surface area contributed by atoms with Gasteiger partial charge in [0.15, 0.2) is 0 Å². The maximum Gasteiger partial charge on any atom is 0.309 e. The number of carbonyl (C=O) groups is 2. The second-order valence-electron chi connectivity index (χ2n) is 9.70. The quantitative estimate of drug-likeness (QED) is 0.799. The topological polar surface area (TPSA) is 83.8 Å². The van der Waals surface area contributed by atoms with Crippen LogP contribution in [0.4, 0.5) is 0 Å². The van der Waals surface area contributed by atoms with E-state index in [0.29, 0.717) is 5.92 Å². The van der Waals surface area contributed by atoms with E-state index in [1.165, 1.54) is 0 Å². The van der Waals surface area contributed by atoms with Crippen molar-refractivity contribution in [3.63, 3.8) is 0 Å². The summed E-state index contributed by atoms with van der Waals surface area (Å²) in [6, 6.07) is 0. The highest BCUT2D eigenvalue weighted by atomic mass is 16.5. The smallest absolute Gasteiger partial charge is 0.309 e. The first-order valence-electron chi connectivity index (χ1n) is 9.61. The van der Waals surface area contributed by atoms with Gasteiger partial charge in [0.1, 0.15) is 0 Å². The Bertz CT molecular complexity index is 589. The number of carboxylic acids is 2. The van der Waals surface area contributed by atoms with E-state index in [1.54, 1.807) is 0 Å². The van der Waals surface area contributed by atoms with Gasteiger partial charge >= 0.3 is 11.9 Å². The Balaban J connectivity index is 1.92. The van der Waals surface area contributed by atoms with E-state index in [-0.39, 0.29) is 23.4 Å². The fourth-order valence-electron chi connectivity index (χ4n) is 6.80. The first-order valence-corrected chi connectivity index (χ1v) is 9.61.